The SMILES string of the molecule is C=CC[C@H]1CC[C@H](/C=C/C#Cc2ccc(CCC)cc2)CC1. The van der Waals surface area contributed by atoms with Gasteiger partial charge in [-0.1, -0.05) is 49.5 Å². The van der Waals surface area contributed by atoms with Gasteiger partial charge in [0, 0.05) is 5.56 Å². The maximum absolute atomic E-state index is 3.85. The molecule has 0 saturated heterocycles. The predicted molar refractivity (Wildman–Crippen MR) is 96.7 cm³/mol. The average Bonchev–Trinajstić information content (AvgIpc) is 2.55. The summed E-state index contributed by atoms with van der Waals surface area (Å²) < 4.78 is 0. The van der Waals surface area contributed by atoms with E-state index in [1.807, 2.05) is 0 Å². The maximum atomic E-state index is 3.85. The molecule has 0 radical (unpaired) electrons. The Morgan fingerprint density at radius 1 is 1.14 bits per heavy atom. The molecule has 0 aromatic heterocycles. The van der Waals surface area contributed by atoms with Crippen LogP contribution in [0.3, 0.4) is 0 Å². The summed E-state index contributed by atoms with van der Waals surface area (Å²) in [5, 5.41) is 0. The van der Waals surface area contributed by atoms with E-state index in [-0.39, 0.29) is 0 Å². The van der Waals surface area contributed by atoms with Gasteiger partial charge in [-0.2, -0.15) is 0 Å². The third-order valence-corrected chi connectivity index (χ3v) is 4.55. The molecule has 22 heavy (non-hydrogen) atoms. The predicted octanol–water partition coefficient (Wildman–Crippen LogP) is 5.93. The Balaban J connectivity index is 1.79. The molecule has 0 heteroatoms. The first-order valence-electron chi connectivity index (χ1n) is 8.70. The van der Waals surface area contributed by atoms with Crippen LogP contribution >= 0.6 is 0 Å². The molecule has 0 bridgehead atoms. The summed E-state index contributed by atoms with van der Waals surface area (Å²) in [4.78, 5) is 0. The molecule has 0 heterocycles. The fourth-order valence-electron chi connectivity index (χ4n) is 3.20. The highest BCUT2D eigenvalue weighted by Crippen LogP contribution is 2.31. The molecule has 1 aromatic rings. The van der Waals surface area contributed by atoms with Gasteiger partial charge in [-0.05, 0) is 74.1 Å². The lowest BCUT2D eigenvalue weighted by Gasteiger charge is -2.25. The molecule has 0 N–H and O–H groups in total. The Morgan fingerprint density at radius 3 is 2.50 bits per heavy atom. The average molecular weight is 292 g/mol. The van der Waals surface area contributed by atoms with Gasteiger partial charge in [-0.25, -0.2) is 0 Å². The van der Waals surface area contributed by atoms with Crippen LogP contribution in [0.1, 0.15) is 56.6 Å². The second-order valence-electron chi connectivity index (χ2n) is 6.38. The van der Waals surface area contributed by atoms with Gasteiger partial charge in [0.25, 0.3) is 0 Å². The van der Waals surface area contributed by atoms with Crippen LogP contribution in [0.4, 0.5) is 0 Å². The first kappa shape index (κ1) is 16.6. The Bertz CT molecular complexity index is 528. The lowest BCUT2D eigenvalue weighted by atomic mass is 9.80. The number of aryl methyl sites for hydroxylation is 1. The molecule has 2 rings (SSSR count). The molecule has 0 unspecified atom stereocenters. The zero-order valence-electron chi connectivity index (χ0n) is 13.9. The van der Waals surface area contributed by atoms with Crippen LogP contribution in [0.2, 0.25) is 0 Å². The van der Waals surface area contributed by atoms with Gasteiger partial charge in [0.1, 0.15) is 0 Å². The van der Waals surface area contributed by atoms with Crippen molar-refractivity contribution in [3.05, 3.63) is 60.2 Å². The van der Waals surface area contributed by atoms with Crippen molar-refractivity contribution in [3.63, 3.8) is 0 Å². The monoisotopic (exact) mass is 292 g/mol. The first-order chi connectivity index (χ1) is 10.8. The highest BCUT2D eigenvalue weighted by molar-refractivity contribution is 5.38. The summed E-state index contributed by atoms with van der Waals surface area (Å²) in [6, 6.07) is 8.65. The van der Waals surface area contributed by atoms with E-state index in [2.05, 4.69) is 67.8 Å². The standard InChI is InChI=1S/C22H28/c1-3-7-19-11-15-21(16-12-19)9-5-6-10-22-17-13-20(8-4-2)14-18-22/h3,5,9,13-14,17-19,21H,1,4,7-8,11-12,15-16H2,2H3/b9-5+/t19-,21-. The van der Waals surface area contributed by atoms with Crippen molar-refractivity contribution in [1.82, 2.24) is 0 Å². The molecule has 1 aliphatic carbocycles. The van der Waals surface area contributed by atoms with E-state index in [1.54, 1.807) is 0 Å². The van der Waals surface area contributed by atoms with Crippen molar-refractivity contribution >= 4 is 0 Å². The molecular formula is C22H28. The summed E-state index contributed by atoms with van der Waals surface area (Å²) in [6.07, 6.45) is 15.3. The van der Waals surface area contributed by atoms with Crippen molar-refractivity contribution in [2.24, 2.45) is 11.8 Å². The fraction of sp³-hybridized carbons (Fsp3) is 0.455. The van der Waals surface area contributed by atoms with Crippen LogP contribution in [0.25, 0.3) is 0 Å². The van der Waals surface area contributed by atoms with Crippen LogP contribution in [0.5, 0.6) is 0 Å². The summed E-state index contributed by atoms with van der Waals surface area (Å²) >= 11 is 0. The summed E-state index contributed by atoms with van der Waals surface area (Å²) in [6.45, 7) is 6.06. The highest BCUT2D eigenvalue weighted by Gasteiger charge is 2.17. The van der Waals surface area contributed by atoms with Gasteiger partial charge < -0.3 is 0 Å². The van der Waals surface area contributed by atoms with Crippen molar-refractivity contribution in [2.45, 2.75) is 51.9 Å². The van der Waals surface area contributed by atoms with Crippen molar-refractivity contribution in [3.8, 4) is 11.8 Å². The van der Waals surface area contributed by atoms with E-state index >= 15 is 0 Å². The Hall–Kier alpha value is -1.74. The van der Waals surface area contributed by atoms with E-state index in [0.29, 0.717) is 0 Å². The number of allylic oxidation sites excluding steroid dienone is 3. The molecule has 1 fully saturated rings. The van der Waals surface area contributed by atoms with E-state index < -0.39 is 0 Å². The molecule has 0 aliphatic heterocycles. The lowest BCUT2D eigenvalue weighted by molar-refractivity contribution is 0.313. The minimum atomic E-state index is 0.724. The van der Waals surface area contributed by atoms with Crippen molar-refractivity contribution in [2.75, 3.05) is 0 Å². The van der Waals surface area contributed by atoms with Crippen LogP contribution < -0.4 is 0 Å². The third kappa shape index (κ3) is 5.57. The number of hydrogen-bond acceptors (Lipinski definition) is 0. The van der Waals surface area contributed by atoms with Gasteiger partial charge in [0.05, 0.1) is 0 Å². The van der Waals surface area contributed by atoms with Crippen LogP contribution in [-0.2, 0) is 6.42 Å². The van der Waals surface area contributed by atoms with E-state index in [0.717, 1.165) is 23.8 Å². The Morgan fingerprint density at radius 2 is 1.86 bits per heavy atom. The molecule has 0 spiro atoms. The number of benzene rings is 1. The van der Waals surface area contributed by atoms with Gasteiger partial charge in [-0.15, -0.1) is 6.58 Å². The molecule has 1 aliphatic rings. The van der Waals surface area contributed by atoms with Crippen LogP contribution in [-0.4, -0.2) is 0 Å². The quantitative estimate of drug-likeness (QED) is 0.466. The molecule has 1 aromatic carbocycles. The Labute approximate surface area is 136 Å². The summed E-state index contributed by atoms with van der Waals surface area (Å²) in [5.74, 6) is 8.02. The molecule has 0 atom stereocenters. The smallest absolute Gasteiger partial charge is 0.0249 e. The van der Waals surface area contributed by atoms with Gasteiger partial charge >= 0.3 is 0 Å². The maximum Gasteiger partial charge on any atom is 0.0249 e. The van der Waals surface area contributed by atoms with Gasteiger partial charge in [0.2, 0.25) is 0 Å². The minimum absolute atomic E-state index is 0.724. The molecule has 1 saturated carbocycles. The van der Waals surface area contributed by atoms with Gasteiger partial charge in [-0.3, -0.25) is 0 Å². The zero-order chi connectivity index (χ0) is 15.6. The largest absolute Gasteiger partial charge is 0.103 e. The van der Waals surface area contributed by atoms with Crippen molar-refractivity contribution < 1.29 is 0 Å². The van der Waals surface area contributed by atoms with Crippen LogP contribution in [0.15, 0.2) is 49.1 Å². The van der Waals surface area contributed by atoms with Gasteiger partial charge in [0.15, 0.2) is 0 Å². The lowest BCUT2D eigenvalue weighted by Crippen LogP contribution is -2.12. The van der Waals surface area contributed by atoms with E-state index in [1.165, 1.54) is 44.1 Å². The Kier molecular flexibility index (Phi) is 7.04. The molecular weight excluding hydrogens is 264 g/mol. The molecule has 116 valence electrons. The minimum Gasteiger partial charge on any atom is -0.103 e. The number of rotatable bonds is 5. The van der Waals surface area contributed by atoms with Crippen LogP contribution in [0, 0.1) is 23.7 Å². The molecule has 0 amide bonds. The second kappa shape index (κ2) is 9.31. The molecule has 0 nitrogen and oxygen atoms in total. The number of hydrogen-bond donors (Lipinski definition) is 0. The highest BCUT2D eigenvalue weighted by atomic mass is 14.2. The second-order valence-corrected chi connectivity index (χ2v) is 6.38. The topological polar surface area (TPSA) is 0 Å². The summed E-state index contributed by atoms with van der Waals surface area (Å²) in [7, 11) is 0. The van der Waals surface area contributed by atoms with E-state index in [9.17, 15) is 0 Å². The van der Waals surface area contributed by atoms with E-state index in [4.69, 9.17) is 0 Å². The fourth-order valence-corrected chi connectivity index (χ4v) is 3.20. The summed E-state index contributed by atoms with van der Waals surface area (Å²) in [5.41, 5.74) is 2.51. The third-order valence-electron chi connectivity index (χ3n) is 4.55. The first-order valence-corrected chi connectivity index (χ1v) is 8.70. The normalized spacial score (nSPS) is 21.3. The zero-order valence-corrected chi connectivity index (χ0v) is 13.9. The van der Waals surface area contributed by atoms with Crippen molar-refractivity contribution in [1.29, 1.82) is 0 Å².